The van der Waals surface area contributed by atoms with Crippen LogP contribution in [0.4, 0.5) is 9.18 Å². The Balaban J connectivity index is 1.97. The van der Waals surface area contributed by atoms with Crippen LogP contribution in [0.5, 0.6) is 11.5 Å². The zero-order valence-corrected chi connectivity index (χ0v) is 16.6. The second-order valence-corrected chi connectivity index (χ2v) is 7.30. The van der Waals surface area contributed by atoms with Gasteiger partial charge in [-0.3, -0.25) is 0 Å². The minimum Gasteiger partial charge on any atom is -0.493 e. The molecule has 8 heteroatoms. The lowest BCUT2D eigenvalue weighted by molar-refractivity contribution is 0.156. The number of hydrogen-bond acceptors (Lipinski definition) is 4. The first-order chi connectivity index (χ1) is 13.4. The number of hydrogen-bond donors (Lipinski definition) is 2. The van der Waals surface area contributed by atoms with Gasteiger partial charge < -0.3 is 24.5 Å². The molecular weight excluding hydrogens is 383 g/mol. The molecule has 0 atom stereocenters. The van der Waals surface area contributed by atoms with Crippen molar-refractivity contribution in [2.24, 2.45) is 0 Å². The lowest BCUT2D eigenvalue weighted by atomic mass is 10.1. The first-order valence-electron chi connectivity index (χ1n) is 8.56. The zero-order valence-electron chi connectivity index (χ0n) is 15.8. The molecule has 0 aliphatic carbocycles. The fourth-order valence-electron chi connectivity index (χ4n) is 2.85. The highest BCUT2D eigenvalue weighted by Crippen LogP contribution is 2.41. The number of fused-ring (bicyclic) bond motifs is 1. The molecular formula is C20H21FN2O4S. The van der Waals surface area contributed by atoms with E-state index >= 15 is 0 Å². The molecule has 0 aliphatic rings. The summed E-state index contributed by atoms with van der Waals surface area (Å²) in [5.41, 5.74) is 1.65. The molecule has 3 rings (SSSR count). The molecule has 2 aromatic carbocycles. The van der Waals surface area contributed by atoms with Crippen LogP contribution in [-0.4, -0.2) is 48.9 Å². The fraction of sp³-hybridized carbons (Fsp3) is 0.250. The van der Waals surface area contributed by atoms with Crippen molar-refractivity contribution < 1.29 is 23.8 Å². The molecule has 0 aliphatic heterocycles. The van der Waals surface area contributed by atoms with Crippen LogP contribution in [0.3, 0.4) is 0 Å². The average Bonchev–Trinajstić information content (AvgIpc) is 3.07. The van der Waals surface area contributed by atoms with Gasteiger partial charge in [0.15, 0.2) is 11.5 Å². The van der Waals surface area contributed by atoms with E-state index in [0.29, 0.717) is 24.5 Å². The van der Waals surface area contributed by atoms with E-state index in [1.165, 1.54) is 35.8 Å². The quantitative estimate of drug-likeness (QED) is 0.601. The zero-order chi connectivity index (χ0) is 20.3. The average molecular weight is 404 g/mol. The standard InChI is InChI=1S/C20H21FN2O4S/c1-23(20(24)25)7-6-12-8-16(26-2)17(27-3)10-18(12)28-19-11-22-15-9-13(21)4-5-14(15)19/h4-5,8-11,22H,6-7H2,1-3H3,(H,24,25). The molecule has 0 unspecified atom stereocenters. The number of carboxylic acid groups (broad SMARTS) is 1. The van der Waals surface area contributed by atoms with E-state index in [2.05, 4.69) is 4.98 Å². The highest BCUT2D eigenvalue weighted by Gasteiger charge is 2.16. The van der Waals surface area contributed by atoms with Gasteiger partial charge in [0, 0.05) is 40.5 Å². The van der Waals surface area contributed by atoms with Crippen LogP contribution < -0.4 is 9.47 Å². The summed E-state index contributed by atoms with van der Waals surface area (Å²) in [6.45, 7) is 0.345. The molecule has 0 fully saturated rings. The van der Waals surface area contributed by atoms with E-state index in [4.69, 9.17) is 14.6 Å². The number of amides is 1. The lowest BCUT2D eigenvalue weighted by Crippen LogP contribution is -2.27. The van der Waals surface area contributed by atoms with Gasteiger partial charge in [0.25, 0.3) is 0 Å². The summed E-state index contributed by atoms with van der Waals surface area (Å²) in [5, 5.41) is 10.0. The van der Waals surface area contributed by atoms with Gasteiger partial charge in [0.05, 0.1) is 14.2 Å². The number of aromatic nitrogens is 1. The SMILES string of the molecule is COc1cc(CCN(C)C(=O)O)c(Sc2c[nH]c3cc(F)ccc23)cc1OC. The van der Waals surface area contributed by atoms with Crippen molar-refractivity contribution in [3.63, 3.8) is 0 Å². The van der Waals surface area contributed by atoms with Gasteiger partial charge >= 0.3 is 6.09 Å². The second kappa shape index (κ2) is 8.43. The Morgan fingerprint density at radius 1 is 1.18 bits per heavy atom. The van der Waals surface area contributed by atoms with Crippen molar-refractivity contribution in [2.75, 3.05) is 27.8 Å². The van der Waals surface area contributed by atoms with Crippen molar-refractivity contribution in [2.45, 2.75) is 16.2 Å². The van der Waals surface area contributed by atoms with Crippen molar-refractivity contribution >= 4 is 28.8 Å². The molecule has 148 valence electrons. The monoisotopic (exact) mass is 404 g/mol. The summed E-state index contributed by atoms with van der Waals surface area (Å²) in [5.74, 6) is 0.876. The van der Waals surface area contributed by atoms with Crippen molar-refractivity contribution in [3.05, 3.63) is 47.9 Å². The first kappa shape index (κ1) is 19.9. The maximum atomic E-state index is 13.5. The maximum Gasteiger partial charge on any atom is 0.407 e. The van der Waals surface area contributed by atoms with Crippen LogP contribution in [0.1, 0.15) is 5.56 Å². The highest BCUT2D eigenvalue weighted by atomic mass is 32.2. The molecule has 1 heterocycles. The smallest absolute Gasteiger partial charge is 0.407 e. The third-order valence-electron chi connectivity index (χ3n) is 4.44. The van der Waals surface area contributed by atoms with Crippen LogP contribution in [0.2, 0.25) is 0 Å². The molecule has 0 radical (unpaired) electrons. The van der Waals surface area contributed by atoms with E-state index in [1.54, 1.807) is 20.3 Å². The van der Waals surface area contributed by atoms with Gasteiger partial charge in [-0.2, -0.15) is 0 Å². The third-order valence-corrected chi connectivity index (χ3v) is 5.59. The van der Waals surface area contributed by atoms with Crippen LogP contribution in [0, 0.1) is 5.82 Å². The van der Waals surface area contributed by atoms with E-state index in [1.807, 2.05) is 18.3 Å². The molecule has 1 amide bonds. The van der Waals surface area contributed by atoms with Gasteiger partial charge in [0.1, 0.15) is 5.82 Å². The lowest BCUT2D eigenvalue weighted by Gasteiger charge is -2.17. The Morgan fingerprint density at radius 2 is 1.89 bits per heavy atom. The molecule has 0 saturated heterocycles. The number of ether oxygens (including phenoxy) is 2. The summed E-state index contributed by atoms with van der Waals surface area (Å²) < 4.78 is 24.3. The van der Waals surface area contributed by atoms with Crippen molar-refractivity contribution in [3.8, 4) is 11.5 Å². The number of rotatable bonds is 7. The number of nitrogens with zero attached hydrogens (tertiary/aromatic N) is 1. The Morgan fingerprint density at radius 3 is 2.57 bits per heavy atom. The first-order valence-corrected chi connectivity index (χ1v) is 9.38. The molecule has 28 heavy (non-hydrogen) atoms. The predicted octanol–water partition coefficient (Wildman–Crippen LogP) is 4.63. The normalized spacial score (nSPS) is 10.9. The molecule has 2 N–H and O–H groups in total. The van der Waals surface area contributed by atoms with Crippen molar-refractivity contribution in [1.82, 2.24) is 9.88 Å². The number of carbonyl (C=O) groups is 1. The van der Waals surface area contributed by atoms with E-state index in [9.17, 15) is 9.18 Å². The Kier molecular flexibility index (Phi) is 5.99. The van der Waals surface area contributed by atoms with E-state index in [0.717, 1.165) is 26.3 Å². The Hall–Kier alpha value is -2.87. The second-order valence-electron chi connectivity index (χ2n) is 6.21. The minimum absolute atomic E-state index is 0.297. The molecule has 3 aromatic rings. The van der Waals surface area contributed by atoms with Crippen LogP contribution in [0.25, 0.3) is 10.9 Å². The minimum atomic E-state index is -0.978. The van der Waals surface area contributed by atoms with Gasteiger partial charge in [-0.15, -0.1) is 0 Å². The van der Waals surface area contributed by atoms with Gasteiger partial charge in [-0.25, -0.2) is 9.18 Å². The van der Waals surface area contributed by atoms with Gasteiger partial charge in [-0.1, -0.05) is 11.8 Å². The summed E-state index contributed by atoms with van der Waals surface area (Å²) in [6, 6.07) is 8.36. The number of aromatic amines is 1. The number of benzene rings is 2. The molecule has 1 aromatic heterocycles. The highest BCUT2D eigenvalue weighted by molar-refractivity contribution is 7.99. The number of methoxy groups -OCH3 is 2. The number of H-pyrrole nitrogens is 1. The molecule has 0 saturated carbocycles. The number of halogens is 1. The number of likely N-dealkylation sites (N-methyl/N-ethyl adjacent to an activating group) is 1. The predicted molar refractivity (Wildman–Crippen MR) is 106 cm³/mol. The molecule has 0 spiro atoms. The summed E-state index contributed by atoms with van der Waals surface area (Å²) in [4.78, 5) is 17.3. The molecule has 0 bridgehead atoms. The summed E-state index contributed by atoms with van der Waals surface area (Å²) in [6.07, 6.45) is 1.37. The Labute approximate surface area is 166 Å². The van der Waals surface area contributed by atoms with E-state index in [-0.39, 0.29) is 5.82 Å². The summed E-state index contributed by atoms with van der Waals surface area (Å²) >= 11 is 1.51. The Bertz CT molecular complexity index is 1010. The van der Waals surface area contributed by atoms with Crippen LogP contribution in [-0.2, 0) is 6.42 Å². The largest absolute Gasteiger partial charge is 0.493 e. The van der Waals surface area contributed by atoms with Crippen molar-refractivity contribution in [1.29, 1.82) is 0 Å². The molecule has 6 nitrogen and oxygen atoms in total. The topological polar surface area (TPSA) is 74.8 Å². The van der Waals surface area contributed by atoms with Gasteiger partial charge in [-0.05, 0) is 42.3 Å². The third kappa shape index (κ3) is 4.17. The van der Waals surface area contributed by atoms with E-state index < -0.39 is 6.09 Å². The number of nitrogens with one attached hydrogen (secondary N) is 1. The maximum absolute atomic E-state index is 13.5. The summed E-state index contributed by atoms with van der Waals surface area (Å²) in [7, 11) is 4.66. The van der Waals surface area contributed by atoms with Crippen LogP contribution >= 0.6 is 11.8 Å². The van der Waals surface area contributed by atoms with Crippen LogP contribution in [0.15, 0.2) is 46.3 Å². The fourth-order valence-corrected chi connectivity index (χ4v) is 3.95. The van der Waals surface area contributed by atoms with Gasteiger partial charge in [0.2, 0.25) is 0 Å².